The zero-order valence-electron chi connectivity index (χ0n) is 15.3. The van der Waals surface area contributed by atoms with Gasteiger partial charge in [0.2, 0.25) is 0 Å². The van der Waals surface area contributed by atoms with E-state index in [1.54, 1.807) is 14.2 Å². The number of aliphatic carboxylic acids is 1. The van der Waals surface area contributed by atoms with Crippen molar-refractivity contribution in [3.05, 3.63) is 23.8 Å². The third-order valence-electron chi connectivity index (χ3n) is 5.82. The van der Waals surface area contributed by atoms with Crippen LogP contribution in [0, 0.1) is 5.41 Å². The van der Waals surface area contributed by atoms with Gasteiger partial charge in [-0.3, -0.25) is 14.6 Å². The molecule has 1 N–H and O–H groups in total. The first-order valence-electron chi connectivity index (χ1n) is 8.83. The summed E-state index contributed by atoms with van der Waals surface area (Å²) >= 11 is 0. The van der Waals surface area contributed by atoms with Crippen molar-refractivity contribution in [2.24, 2.45) is 5.41 Å². The predicted molar refractivity (Wildman–Crippen MR) is 95.2 cm³/mol. The molecule has 6 heteroatoms. The number of nitrogens with zero attached hydrogens (tertiary/aromatic N) is 2. The largest absolute Gasteiger partial charge is 0.493 e. The van der Waals surface area contributed by atoms with Crippen LogP contribution in [0.2, 0.25) is 0 Å². The molecule has 0 unspecified atom stereocenters. The minimum atomic E-state index is -0.692. The highest BCUT2D eigenvalue weighted by atomic mass is 16.5. The van der Waals surface area contributed by atoms with Crippen molar-refractivity contribution < 1.29 is 19.4 Å². The van der Waals surface area contributed by atoms with Gasteiger partial charge in [0.15, 0.2) is 11.5 Å². The lowest BCUT2D eigenvalue weighted by atomic mass is 9.76. The molecule has 2 heterocycles. The van der Waals surface area contributed by atoms with Crippen molar-refractivity contribution in [1.82, 2.24) is 9.80 Å². The molecule has 1 aromatic rings. The molecule has 1 aromatic carbocycles. The van der Waals surface area contributed by atoms with Crippen LogP contribution in [0.15, 0.2) is 18.2 Å². The molecule has 0 radical (unpaired) electrons. The Morgan fingerprint density at radius 2 is 2.00 bits per heavy atom. The van der Waals surface area contributed by atoms with Crippen molar-refractivity contribution in [3.63, 3.8) is 0 Å². The van der Waals surface area contributed by atoms with Gasteiger partial charge in [-0.05, 0) is 50.9 Å². The number of benzene rings is 1. The fourth-order valence-electron chi connectivity index (χ4n) is 4.41. The molecule has 3 rings (SSSR count). The molecule has 0 amide bonds. The summed E-state index contributed by atoms with van der Waals surface area (Å²) in [5.41, 5.74) is 1.29. The van der Waals surface area contributed by atoms with E-state index in [0.29, 0.717) is 0 Å². The average Bonchev–Trinajstić information content (AvgIpc) is 2.93. The predicted octanol–water partition coefficient (Wildman–Crippen LogP) is 2.07. The van der Waals surface area contributed by atoms with Crippen LogP contribution < -0.4 is 9.47 Å². The van der Waals surface area contributed by atoms with Crippen LogP contribution in [0.4, 0.5) is 0 Å². The maximum atomic E-state index is 11.4. The minimum Gasteiger partial charge on any atom is -0.493 e. The Balaban J connectivity index is 1.63. The highest BCUT2D eigenvalue weighted by molar-refractivity contribution is 5.74. The third-order valence-corrected chi connectivity index (χ3v) is 5.82. The Kier molecular flexibility index (Phi) is 5.20. The van der Waals surface area contributed by atoms with Crippen LogP contribution in [-0.2, 0) is 11.3 Å². The summed E-state index contributed by atoms with van der Waals surface area (Å²) in [6.07, 6.45) is 2.87. The molecule has 0 bridgehead atoms. The van der Waals surface area contributed by atoms with E-state index < -0.39 is 5.97 Å². The van der Waals surface area contributed by atoms with E-state index in [1.165, 1.54) is 0 Å². The van der Waals surface area contributed by atoms with Crippen molar-refractivity contribution in [2.75, 3.05) is 40.9 Å². The molecule has 138 valence electrons. The highest BCUT2D eigenvalue weighted by Gasteiger charge is 2.46. The van der Waals surface area contributed by atoms with Gasteiger partial charge in [-0.1, -0.05) is 12.1 Å². The summed E-state index contributed by atoms with van der Waals surface area (Å²) in [5.74, 6) is 0.870. The first-order chi connectivity index (χ1) is 12.0. The number of carboxylic acid groups (broad SMARTS) is 1. The fraction of sp³-hybridized carbons (Fsp3) is 0.632. The SMILES string of the molecule is COc1cccc(CN2CCC3(CC2)C[C@H](C(=O)O)N(C)C3)c1OC. The third kappa shape index (κ3) is 3.60. The van der Waals surface area contributed by atoms with Gasteiger partial charge in [0.05, 0.1) is 14.2 Å². The second kappa shape index (κ2) is 7.22. The molecule has 2 saturated heterocycles. The quantitative estimate of drug-likeness (QED) is 0.879. The van der Waals surface area contributed by atoms with Crippen LogP contribution in [0.25, 0.3) is 0 Å². The second-order valence-corrected chi connectivity index (χ2v) is 7.40. The van der Waals surface area contributed by atoms with E-state index in [4.69, 9.17) is 9.47 Å². The number of methoxy groups -OCH3 is 2. The van der Waals surface area contributed by atoms with Gasteiger partial charge in [-0.25, -0.2) is 0 Å². The summed E-state index contributed by atoms with van der Waals surface area (Å²) < 4.78 is 10.9. The smallest absolute Gasteiger partial charge is 0.320 e. The zero-order valence-corrected chi connectivity index (χ0v) is 15.3. The molecule has 2 aliphatic heterocycles. The molecule has 0 aliphatic carbocycles. The normalized spacial score (nSPS) is 23.7. The van der Waals surface area contributed by atoms with E-state index in [-0.39, 0.29) is 11.5 Å². The van der Waals surface area contributed by atoms with Crippen LogP contribution in [0.5, 0.6) is 11.5 Å². The lowest BCUT2D eigenvalue weighted by molar-refractivity contribution is -0.141. The van der Waals surface area contributed by atoms with Gasteiger partial charge >= 0.3 is 5.97 Å². The summed E-state index contributed by atoms with van der Waals surface area (Å²) in [6, 6.07) is 5.65. The van der Waals surface area contributed by atoms with Crippen LogP contribution in [0.3, 0.4) is 0 Å². The Bertz CT molecular complexity index is 626. The number of carboxylic acids is 1. The van der Waals surface area contributed by atoms with E-state index in [0.717, 1.165) is 62.5 Å². The van der Waals surface area contributed by atoms with Gasteiger partial charge in [-0.15, -0.1) is 0 Å². The number of likely N-dealkylation sites (N-methyl/N-ethyl adjacent to an activating group) is 1. The number of carbonyl (C=O) groups is 1. The molecule has 0 saturated carbocycles. The second-order valence-electron chi connectivity index (χ2n) is 7.40. The topological polar surface area (TPSA) is 62.2 Å². The summed E-state index contributed by atoms with van der Waals surface area (Å²) in [7, 11) is 5.26. The van der Waals surface area contributed by atoms with E-state index in [9.17, 15) is 9.90 Å². The monoisotopic (exact) mass is 348 g/mol. The van der Waals surface area contributed by atoms with Gasteiger partial charge in [0.1, 0.15) is 6.04 Å². The molecular weight excluding hydrogens is 320 g/mol. The van der Waals surface area contributed by atoms with E-state index in [2.05, 4.69) is 11.0 Å². The van der Waals surface area contributed by atoms with Gasteiger partial charge in [0, 0.05) is 18.7 Å². The Morgan fingerprint density at radius 1 is 1.28 bits per heavy atom. The van der Waals surface area contributed by atoms with Gasteiger partial charge < -0.3 is 14.6 Å². The first kappa shape index (κ1) is 18.0. The maximum absolute atomic E-state index is 11.4. The van der Waals surface area contributed by atoms with Crippen LogP contribution in [0.1, 0.15) is 24.8 Å². The van der Waals surface area contributed by atoms with Gasteiger partial charge in [0.25, 0.3) is 0 Å². The number of ether oxygens (including phenoxy) is 2. The number of piperidine rings is 1. The zero-order chi connectivity index (χ0) is 18.0. The molecule has 1 atom stereocenters. The van der Waals surface area contributed by atoms with Gasteiger partial charge in [-0.2, -0.15) is 0 Å². The number of para-hydroxylation sites is 1. The molecular formula is C19H28N2O4. The van der Waals surface area contributed by atoms with Crippen molar-refractivity contribution in [3.8, 4) is 11.5 Å². The summed E-state index contributed by atoms with van der Waals surface area (Å²) in [5, 5.41) is 9.37. The minimum absolute atomic E-state index is 0.159. The average molecular weight is 348 g/mol. The van der Waals surface area contributed by atoms with E-state index in [1.807, 2.05) is 24.1 Å². The lowest BCUT2D eigenvalue weighted by Gasteiger charge is -2.39. The summed E-state index contributed by atoms with van der Waals surface area (Å²) in [6.45, 7) is 3.69. The first-order valence-corrected chi connectivity index (χ1v) is 8.83. The molecule has 1 spiro atoms. The van der Waals surface area contributed by atoms with Crippen molar-refractivity contribution in [2.45, 2.75) is 31.8 Å². The molecule has 2 aliphatic rings. The summed E-state index contributed by atoms with van der Waals surface area (Å²) in [4.78, 5) is 15.8. The van der Waals surface area contributed by atoms with Crippen molar-refractivity contribution in [1.29, 1.82) is 0 Å². The van der Waals surface area contributed by atoms with Crippen LogP contribution >= 0.6 is 0 Å². The molecule has 25 heavy (non-hydrogen) atoms. The molecule has 0 aromatic heterocycles. The highest BCUT2D eigenvalue weighted by Crippen LogP contribution is 2.43. The number of rotatable bonds is 5. The van der Waals surface area contributed by atoms with E-state index >= 15 is 0 Å². The molecule has 6 nitrogen and oxygen atoms in total. The van der Waals surface area contributed by atoms with Crippen molar-refractivity contribution >= 4 is 5.97 Å². The molecule has 2 fully saturated rings. The van der Waals surface area contributed by atoms with Crippen LogP contribution in [-0.4, -0.2) is 67.8 Å². The Labute approximate surface area is 149 Å². The lowest BCUT2D eigenvalue weighted by Crippen LogP contribution is -2.40. The standard InChI is InChI=1S/C19H28N2O4/c1-20-13-19(11-15(20)18(22)23)7-9-21(10-8-19)12-14-5-4-6-16(24-2)17(14)25-3/h4-6,15H,7-13H2,1-3H3,(H,22,23)/t15-/m1/s1. The number of likely N-dealkylation sites (tertiary alicyclic amines) is 2. The number of hydrogen-bond donors (Lipinski definition) is 1. The fourth-order valence-corrected chi connectivity index (χ4v) is 4.41. The number of hydrogen-bond acceptors (Lipinski definition) is 5. The maximum Gasteiger partial charge on any atom is 0.320 e. The Morgan fingerprint density at radius 3 is 2.56 bits per heavy atom. The Hall–Kier alpha value is -1.79.